The van der Waals surface area contributed by atoms with Crippen molar-refractivity contribution >= 4 is 17.7 Å². The molecule has 0 unspecified atom stereocenters. The summed E-state index contributed by atoms with van der Waals surface area (Å²) in [5.41, 5.74) is 3.80. The Kier molecular flexibility index (Phi) is 8.68. The summed E-state index contributed by atoms with van der Waals surface area (Å²) in [6.07, 6.45) is 1.45. The molecular formula is C21H24N2O6. The number of hydrogen-bond donors (Lipinski definition) is 4. The Morgan fingerprint density at radius 1 is 1.17 bits per heavy atom. The molecular weight excluding hydrogens is 376 g/mol. The second kappa shape index (κ2) is 11.5. The Hall–Kier alpha value is -3.36. The van der Waals surface area contributed by atoms with Gasteiger partial charge in [0.1, 0.15) is 18.5 Å². The molecule has 2 rings (SSSR count). The second-order valence-electron chi connectivity index (χ2n) is 6.14. The van der Waals surface area contributed by atoms with Crippen LogP contribution in [0.1, 0.15) is 23.7 Å². The highest BCUT2D eigenvalue weighted by Crippen LogP contribution is 2.26. The fraction of sp³-hybridized carbons (Fsp3) is 0.238. The first-order valence-corrected chi connectivity index (χ1v) is 9.00. The van der Waals surface area contributed by atoms with Gasteiger partial charge in [0.2, 0.25) is 0 Å². The number of benzene rings is 2. The van der Waals surface area contributed by atoms with Crippen molar-refractivity contribution in [2.45, 2.75) is 19.4 Å². The van der Waals surface area contributed by atoms with Crippen LogP contribution in [0.3, 0.4) is 0 Å². The van der Waals surface area contributed by atoms with Gasteiger partial charge in [-0.2, -0.15) is 0 Å². The van der Waals surface area contributed by atoms with Crippen LogP contribution in [0.5, 0.6) is 5.75 Å². The van der Waals surface area contributed by atoms with Crippen molar-refractivity contribution < 1.29 is 29.4 Å². The molecule has 0 saturated carbocycles. The Morgan fingerprint density at radius 3 is 2.62 bits per heavy atom. The molecule has 1 atom stereocenters. The highest BCUT2D eigenvalue weighted by Gasteiger charge is 2.17. The normalized spacial score (nSPS) is 11.7. The van der Waals surface area contributed by atoms with Crippen molar-refractivity contribution in [2.24, 2.45) is 0 Å². The number of amides is 2. The van der Waals surface area contributed by atoms with E-state index in [9.17, 15) is 9.59 Å². The van der Waals surface area contributed by atoms with Crippen LogP contribution in [0.4, 0.5) is 10.5 Å². The molecule has 0 saturated heterocycles. The minimum Gasteiger partial charge on any atom is -0.491 e. The van der Waals surface area contributed by atoms with Gasteiger partial charge in [-0.15, -0.1) is 0 Å². The zero-order valence-corrected chi connectivity index (χ0v) is 16.0. The van der Waals surface area contributed by atoms with Gasteiger partial charge in [-0.05, 0) is 36.8 Å². The van der Waals surface area contributed by atoms with Gasteiger partial charge in [0.25, 0.3) is 5.91 Å². The average Bonchev–Trinajstić information content (AvgIpc) is 2.73. The van der Waals surface area contributed by atoms with E-state index in [1.807, 2.05) is 19.1 Å². The molecule has 0 radical (unpaired) electrons. The van der Waals surface area contributed by atoms with Crippen LogP contribution in [0, 0.1) is 6.92 Å². The maximum atomic E-state index is 12.4. The molecule has 29 heavy (non-hydrogen) atoms. The van der Waals surface area contributed by atoms with Crippen LogP contribution in [-0.4, -0.2) is 35.5 Å². The molecule has 0 fully saturated rings. The fourth-order valence-corrected chi connectivity index (χ4v) is 2.47. The quantitative estimate of drug-likeness (QED) is 0.292. The summed E-state index contributed by atoms with van der Waals surface area (Å²) in [5, 5.41) is 20.1. The lowest BCUT2D eigenvalue weighted by atomic mass is 10.1. The number of nitrogens with one attached hydrogen (secondary N) is 2. The van der Waals surface area contributed by atoms with Crippen molar-refractivity contribution in [1.82, 2.24) is 5.48 Å². The molecule has 0 aliphatic rings. The molecule has 2 aromatic carbocycles. The lowest BCUT2D eigenvalue weighted by molar-refractivity contribution is -0.124. The van der Waals surface area contributed by atoms with E-state index in [0.717, 1.165) is 11.6 Å². The van der Waals surface area contributed by atoms with Gasteiger partial charge in [0.05, 0.1) is 6.61 Å². The standard InChI is InChI=1S/C21H24N2O6/c1-15-8-10-17(11-9-15)22-21(26)29-19(6-3-7-20(25)23-27)16-4-2-5-18(14-16)28-13-12-24/h2-5,7-11,14,19,24,27H,6,12-13H2,1H3,(H,22,26)(H,23,25)/b7-3+/t19-/m0/s1. The minimum atomic E-state index is -0.708. The summed E-state index contributed by atoms with van der Waals surface area (Å²) in [4.78, 5) is 23.5. The molecule has 0 spiro atoms. The van der Waals surface area contributed by atoms with E-state index in [4.69, 9.17) is 19.8 Å². The third kappa shape index (κ3) is 7.65. The molecule has 2 aromatic rings. The third-order valence-corrected chi connectivity index (χ3v) is 3.87. The molecule has 154 valence electrons. The second-order valence-corrected chi connectivity index (χ2v) is 6.14. The number of aryl methyl sites for hydroxylation is 1. The van der Waals surface area contributed by atoms with Gasteiger partial charge in [0, 0.05) is 18.2 Å². The summed E-state index contributed by atoms with van der Waals surface area (Å²) in [6.45, 7) is 1.96. The monoisotopic (exact) mass is 400 g/mol. The highest BCUT2D eigenvalue weighted by atomic mass is 16.6. The number of aliphatic hydroxyl groups excluding tert-OH is 1. The van der Waals surface area contributed by atoms with Crippen LogP contribution < -0.4 is 15.5 Å². The largest absolute Gasteiger partial charge is 0.491 e. The zero-order valence-electron chi connectivity index (χ0n) is 16.0. The molecule has 0 aliphatic heterocycles. The smallest absolute Gasteiger partial charge is 0.412 e. The number of aliphatic hydroxyl groups is 1. The lowest BCUT2D eigenvalue weighted by Crippen LogP contribution is -2.18. The first-order chi connectivity index (χ1) is 14.0. The van der Waals surface area contributed by atoms with E-state index in [2.05, 4.69) is 5.32 Å². The van der Waals surface area contributed by atoms with E-state index in [-0.39, 0.29) is 19.6 Å². The summed E-state index contributed by atoms with van der Waals surface area (Å²) in [5.74, 6) is -0.172. The average molecular weight is 400 g/mol. The molecule has 2 amide bonds. The van der Waals surface area contributed by atoms with Crippen molar-refractivity contribution in [3.05, 3.63) is 71.8 Å². The first kappa shape index (κ1) is 21.9. The maximum absolute atomic E-state index is 12.4. The number of hydrogen-bond acceptors (Lipinski definition) is 6. The van der Waals surface area contributed by atoms with E-state index in [1.54, 1.807) is 36.4 Å². The molecule has 0 aliphatic carbocycles. The number of anilines is 1. The van der Waals surface area contributed by atoms with Gasteiger partial charge >= 0.3 is 6.09 Å². The fourth-order valence-electron chi connectivity index (χ4n) is 2.47. The highest BCUT2D eigenvalue weighted by molar-refractivity contribution is 5.86. The predicted molar refractivity (Wildman–Crippen MR) is 107 cm³/mol. The van der Waals surface area contributed by atoms with Crippen molar-refractivity contribution in [3.8, 4) is 5.75 Å². The maximum Gasteiger partial charge on any atom is 0.412 e. The SMILES string of the molecule is Cc1ccc(NC(=O)O[C@@H](C/C=C/C(=O)NO)c2cccc(OCCO)c2)cc1. The first-order valence-electron chi connectivity index (χ1n) is 9.00. The zero-order chi connectivity index (χ0) is 21.1. The summed E-state index contributed by atoms with van der Waals surface area (Å²) in [7, 11) is 0. The van der Waals surface area contributed by atoms with Crippen LogP contribution in [0.2, 0.25) is 0 Å². The van der Waals surface area contributed by atoms with Gasteiger partial charge in [-0.1, -0.05) is 35.9 Å². The topological polar surface area (TPSA) is 117 Å². The van der Waals surface area contributed by atoms with E-state index in [0.29, 0.717) is 17.0 Å². The summed E-state index contributed by atoms with van der Waals surface area (Å²) < 4.78 is 10.9. The van der Waals surface area contributed by atoms with Gasteiger partial charge in [-0.3, -0.25) is 15.3 Å². The molecule has 0 heterocycles. The molecule has 8 heteroatoms. The third-order valence-electron chi connectivity index (χ3n) is 3.87. The number of rotatable bonds is 9. The van der Waals surface area contributed by atoms with Gasteiger partial charge < -0.3 is 14.6 Å². The minimum absolute atomic E-state index is 0.123. The summed E-state index contributed by atoms with van der Waals surface area (Å²) >= 11 is 0. The van der Waals surface area contributed by atoms with Crippen LogP contribution in [0.25, 0.3) is 0 Å². The van der Waals surface area contributed by atoms with Crippen LogP contribution in [-0.2, 0) is 9.53 Å². The Labute approximate surface area is 168 Å². The molecule has 0 aromatic heterocycles. The number of carbonyl (C=O) groups is 2. The number of ether oxygens (including phenoxy) is 2. The van der Waals surface area contributed by atoms with Gasteiger partial charge in [0.15, 0.2) is 0 Å². The van der Waals surface area contributed by atoms with Gasteiger partial charge in [-0.25, -0.2) is 10.3 Å². The molecule has 0 bridgehead atoms. The molecule has 8 nitrogen and oxygen atoms in total. The number of carbonyl (C=O) groups excluding carboxylic acids is 2. The van der Waals surface area contributed by atoms with Crippen molar-refractivity contribution in [1.29, 1.82) is 0 Å². The summed E-state index contributed by atoms with van der Waals surface area (Å²) in [6, 6.07) is 14.2. The number of hydroxylamine groups is 1. The van der Waals surface area contributed by atoms with E-state index < -0.39 is 18.1 Å². The van der Waals surface area contributed by atoms with Crippen molar-refractivity contribution in [3.63, 3.8) is 0 Å². The van der Waals surface area contributed by atoms with Crippen LogP contribution in [0.15, 0.2) is 60.7 Å². The van der Waals surface area contributed by atoms with E-state index >= 15 is 0 Å². The Bertz CT molecular complexity index is 835. The lowest BCUT2D eigenvalue weighted by Gasteiger charge is -2.18. The molecule has 4 N–H and O–H groups in total. The van der Waals surface area contributed by atoms with E-state index in [1.165, 1.54) is 11.6 Å². The predicted octanol–water partition coefficient (Wildman–Crippen LogP) is 3.11. The van der Waals surface area contributed by atoms with Crippen molar-refractivity contribution in [2.75, 3.05) is 18.5 Å². The Morgan fingerprint density at radius 2 is 1.93 bits per heavy atom. The van der Waals surface area contributed by atoms with Crippen LogP contribution >= 0.6 is 0 Å². The Balaban J connectivity index is 2.13.